The number of likely N-dealkylation sites (N-methyl/N-ethyl adjacent to an activating group) is 1. The molecule has 100 valence electrons. The Kier molecular flexibility index (Phi) is 5.28. The normalized spacial score (nSPS) is 21.6. The number of nitrogens with zero attached hydrogens (tertiary/aromatic N) is 1. The molecule has 1 N–H and O–H groups in total. The van der Waals surface area contributed by atoms with E-state index in [1.807, 2.05) is 38.0 Å². The Bertz CT molecular complexity index is 370. The molecule has 1 aliphatic heterocycles. The fourth-order valence-corrected chi connectivity index (χ4v) is 3.02. The standard InChI is InChI=1S/C13H20N2O2S/c1-3-16-11-6-10(7-15-8-11)13(14-2)12-9-18-5-4-17-12/h6-8,12-14H,3-5,9H2,1-2H3. The monoisotopic (exact) mass is 268 g/mol. The summed E-state index contributed by atoms with van der Waals surface area (Å²) in [7, 11) is 1.96. The predicted molar refractivity (Wildman–Crippen MR) is 74.3 cm³/mol. The second kappa shape index (κ2) is 6.97. The highest BCUT2D eigenvalue weighted by Crippen LogP contribution is 2.26. The van der Waals surface area contributed by atoms with E-state index in [0.717, 1.165) is 29.4 Å². The number of ether oxygens (including phenoxy) is 2. The molecule has 2 rings (SSSR count). The third kappa shape index (κ3) is 3.37. The van der Waals surface area contributed by atoms with E-state index < -0.39 is 0 Å². The van der Waals surface area contributed by atoms with Gasteiger partial charge in [-0.05, 0) is 25.6 Å². The summed E-state index contributed by atoms with van der Waals surface area (Å²) in [5.41, 5.74) is 1.12. The van der Waals surface area contributed by atoms with Gasteiger partial charge in [-0.1, -0.05) is 0 Å². The Morgan fingerprint density at radius 1 is 1.61 bits per heavy atom. The van der Waals surface area contributed by atoms with Gasteiger partial charge in [0.2, 0.25) is 0 Å². The van der Waals surface area contributed by atoms with E-state index in [1.165, 1.54) is 0 Å². The Hall–Kier alpha value is -0.780. The van der Waals surface area contributed by atoms with E-state index >= 15 is 0 Å². The molecule has 0 saturated carbocycles. The fourth-order valence-electron chi connectivity index (χ4n) is 2.12. The van der Waals surface area contributed by atoms with Crippen LogP contribution < -0.4 is 10.1 Å². The molecule has 18 heavy (non-hydrogen) atoms. The number of aromatic nitrogens is 1. The van der Waals surface area contributed by atoms with Gasteiger partial charge in [0.15, 0.2) is 0 Å². The van der Waals surface area contributed by atoms with Gasteiger partial charge in [0.05, 0.1) is 31.6 Å². The van der Waals surface area contributed by atoms with E-state index in [4.69, 9.17) is 9.47 Å². The minimum absolute atomic E-state index is 0.172. The first-order valence-corrected chi connectivity index (χ1v) is 7.45. The van der Waals surface area contributed by atoms with Crippen molar-refractivity contribution in [3.63, 3.8) is 0 Å². The zero-order valence-corrected chi connectivity index (χ0v) is 11.7. The van der Waals surface area contributed by atoms with Crippen LogP contribution in [0.25, 0.3) is 0 Å². The highest BCUT2D eigenvalue weighted by atomic mass is 32.2. The SMILES string of the molecule is CCOc1cncc(C(NC)C2CSCCO2)c1. The fraction of sp³-hybridized carbons (Fsp3) is 0.615. The molecule has 2 atom stereocenters. The van der Waals surface area contributed by atoms with Crippen molar-refractivity contribution in [2.75, 3.05) is 31.8 Å². The molecular weight excluding hydrogens is 248 g/mol. The van der Waals surface area contributed by atoms with Gasteiger partial charge in [-0.25, -0.2) is 0 Å². The highest BCUT2D eigenvalue weighted by molar-refractivity contribution is 7.99. The molecule has 0 aliphatic carbocycles. The molecule has 1 aromatic heterocycles. The van der Waals surface area contributed by atoms with E-state index in [9.17, 15) is 0 Å². The summed E-state index contributed by atoms with van der Waals surface area (Å²) >= 11 is 1.94. The number of thioether (sulfide) groups is 1. The van der Waals surface area contributed by atoms with Crippen molar-refractivity contribution in [3.8, 4) is 5.75 Å². The molecule has 1 aliphatic rings. The molecule has 1 aromatic rings. The number of rotatable bonds is 5. The molecule has 1 fully saturated rings. The Labute approximate surface area is 112 Å². The van der Waals surface area contributed by atoms with Gasteiger partial charge >= 0.3 is 0 Å². The lowest BCUT2D eigenvalue weighted by Crippen LogP contribution is -2.36. The first kappa shape index (κ1) is 13.6. The largest absolute Gasteiger partial charge is 0.492 e. The summed E-state index contributed by atoms with van der Waals surface area (Å²) in [5, 5.41) is 3.32. The molecule has 5 heteroatoms. The van der Waals surface area contributed by atoms with E-state index in [0.29, 0.717) is 6.61 Å². The van der Waals surface area contributed by atoms with Crippen molar-refractivity contribution in [1.29, 1.82) is 0 Å². The molecule has 0 radical (unpaired) electrons. The molecule has 4 nitrogen and oxygen atoms in total. The number of nitrogens with one attached hydrogen (secondary N) is 1. The van der Waals surface area contributed by atoms with Gasteiger partial charge in [-0.3, -0.25) is 4.98 Å². The van der Waals surface area contributed by atoms with E-state index in [2.05, 4.69) is 10.3 Å². The quantitative estimate of drug-likeness (QED) is 0.883. The summed E-state index contributed by atoms with van der Waals surface area (Å²) in [6.45, 7) is 3.46. The summed E-state index contributed by atoms with van der Waals surface area (Å²) in [6.07, 6.45) is 3.83. The smallest absolute Gasteiger partial charge is 0.137 e. The maximum Gasteiger partial charge on any atom is 0.137 e. The van der Waals surface area contributed by atoms with Gasteiger partial charge in [-0.2, -0.15) is 11.8 Å². The zero-order valence-electron chi connectivity index (χ0n) is 10.9. The lowest BCUT2D eigenvalue weighted by molar-refractivity contribution is 0.0487. The van der Waals surface area contributed by atoms with Gasteiger partial charge in [0.25, 0.3) is 0 Å². The van der Waals surface area contributed by atoms with Gasteiger partial charge in [0.1, 0.15) is 5.75 Å². The van der Waals surface area contributed by atoms with Gasteiger partial charge < -0.3 is 14.8 Å². The second-order valence-electron chi connectivity index (χ2n) is 4.14. The van der Waals surface area contributed by atoms with Crippen molar-refractivity contribution in [3.05, 3.63) is 24.0 Å². The zero-order chi connectivity index (χ0) is 12.8. The Morgan fingerprint density at radius 3 is 3.17 bits per heavy atom. The van der Waals surface area contributed by atoms with Gasteiger partial charge in [-0.15, -0.1) is 0 Å². The lowest BCUT2D eigenvalue weighted by atomic mass is 10.0. The van der Waals surface area contributed by atoms with Crippen molar-refractivity contribution in [1.82, 2.24) is 10.3 Å². The average molecular weight is 268 g/mol. The maximum absolute atomic E-state index is 5.83. The van der Waals surface area contributed by atoms with Crippen molar-refractivity contribution >= 4 is 11.8 Å². The average Bonchev–Trinajstić information content (AvgIpc) is 2.42. The van der Waals surface area contributed by atoms with Crippen LogP contribution in [0.4, 0.5) is 0 Å². The van der Waals surface area contributed by atoms with Crippen LogP contribution in [0, 0.1) is 0 Å². The van der Waals surface area contributed by atoms with Crippen molar-refractivity contribution < 1.29 is 9.47 Å². The van der Waals surface area contributed by atoms with Crippen LogP contribution in [0.5, 0.6) is 5.75 Å². The third-order valence-electron chi connectivity index (χ3n) is 2.93. The molecule has 0 aromatic carbocycles. The molecule has 0 amide bonds. The van der Waals surface area contributed by atoms with Crippen LogP contribution in [-0.4, -0.2) is 42.9 Å². The summed E-state index contributed by atoms with van der Waals surface area (Å²) < 4.78 is 11.3. The molecule has 0 spiro atoms. The summed E-state index contributed by atoms with van der Waals surface area (Å²) in [6, 6.07) is 2.21. The molecule has 2 heterocycles. The lowest BCUT2D eigenvalue weighted by Gasteiger charge is -2.30. The Balaban J connectivity index is 2.12. The van der Waals surface area contributed by atoms with Gasteiger partial charge in [0, 0.05) is 17.7 Å². The van der Waals surface area contributed by atoms with E-state index in [-0.39, 0.29) is 12.1 Å². The second-order valence-corrected chi connectivity index (χ2v) is 5.29. The topological polar surface area (TPSA) is 43.4 Å². The van der Waals surface area contributed by atoms with E-state index in [1.54, 1.807) is 6.20 Å². The van der Waals surface area contributed by atoms with Crippen LogP contribution in [0.3, 0.4) is 0 Å². The Morgan fingerprint density at radius 2 is 2.50 bits per heavy atom. The number of hydrogen-bond acceptors (Lipinski definition) is 5. The molecule has 1 saturated heterocycles. The number of hydrogen-bond donors (Lipinski definition) is 1. The summed E-state index contributed by atoms with van der Waals surface area (Å²) in [5.74, 6) is 2.92. The van der Waals surface area contributed by atoms with Crippen LogP contribution in [-0.2, 0) is 4.74 Å². The van der Waals surface area contributed by atoms with Crippen LogP contribution in [0.15, 0.2) is 18.5 Å². The first-order chi connectivity index (χ1) is 8.85. The van der Waals surface area contributed by atoms with Crippen LogP contribution in [0.1, 0.15) is 18.5 Å². The molecule has 2 unspecified atom stereocenters. The number of pyridine rings is 1. The highest BCUT2D eigenvalue weighted by Gasteiger charge is 2.25. The molecule has 0 bridgehead atoms. The predicted octanol–water partition coefficient (Wildman–Crippen LogP) is 1.87. The first-order valence-electron chi connectivity index (χ1n) is 6.29. The third-order valence-corrected chi connectivity index (χ3v) is 3.95. The maximum atomic E-state index is 5.83. The van der Waals surface area contributed by atoms with Crippen molar-refractivity contribution in [2.24, 2.45) is 0 Å². The van der Waals surface area contributed by atoms with Crippen molar-refractivity contribution in [2.45, 2.75) is 19.1 Å². The van der Waals surface area contributed by atoms with Crippen LogP contribution >= 0.6 is 11.8 Å². The van der Waals surface area contributed by atoms with Crippen LogP contribution in [0.2, 0.25) is 0 Å². The minimum atomic E-state index is 0.172. The summed E-state index contributed by atoms with van der Waals surface area (Å²) in [4.78, 5) is 4.24. The minimum Gasteiger partial charge on any atom is -0.492 e. The molecular formula is C13H20N2O2S.